The summed E-state index contributed by atoms with van der Waals surface area (Å²) in [4.78, 5) is 17.3. The number of carbonyl (C=O) groups is 1. The van der Waals surface area contributed by atoms with Crippen molar-refractivity contribution in [2.24, 2.45) is 0 Å². The van der Waals surface area contributed by atoms with Gasteiger partial charge in [0.1, 0.15) is 6.04 Å². The number of fused-ring (bicyclic) bond motifs is 1. The van der Waals surface area contributed by atoms with Crippen LogP contribution in [0.25, 0.3) is 0 Å². The van der Waals surface area contributed by atoms with Gasteiger partial charge in [-0.25, -0.2) is 0 Å². The Kier molecular flexibility index (Phi) is 5.33. The summed E-state index contributed by atoms with van der Waals surface area (Å²) >= 11 is 0. The van der Waals surface area contributed by atoms with Gasteiger partial charge in [-0.2, -0.15) is 0 Å². The van der Waals surface area contributed by atoms with E-state index < -0.39 is 0 Å². The zero-order valence-electron chi connectivity index (χ0n) is 16.2. The van der Waals surface area contributed by atoms with Crippen molar-refractivity contribution >= 4 is 23.0 Å². The van der Waals surface area contributed by atoms with Gasteiger partial charge in [0.2, 0.25) is 5.91 Å². The number of nitrogens with zero attached hydrogens (tertiary/aromatic N) is 2. The maximum absolute atomic E-state index is 12.9. The van der Waals surface area contributed by atoms with Gasteiger partial charge in [-0.15, -0.1) is 0 Å². The van der Waals surface area contributed by atoms with Crippen LogP contribution in [-0.2, 0) is 11.2 Å². The number of carbonyl (C=O) groups excluding carboxylic acids is 1. The highest BCUT2D eigenvalue weighted by Gasteiger charge is 2.27. The van der Waals surface area contributed by atoms with Gasteiger partial charge in [-0.3, -0.25) is 4.79 Å². The third-order valence-corrected chi connectivity index (χ3v) is 5.75. The highest BCUT2D eigenvalue weighted by atomic mass is 16.2. The average molecular weight is 364 g/mol. The summed E-state index contributed by atoms with van der Waals surface area (Å²) in [5.74, 6) is 0.136. The number of rotatable bonds is 4. The van der Waals surface area contributed by atoms with Crippen LogP contribution in [0.4, 0.5) is 17.1 Å². The second-order valence-corrected chi connectivity index (χ2v) is 7.68. The minimum atomic E-state index is -0.250. The quantitative estimate of drug-likeness (QED) is 0.871. The van der Waals surface area contributed by atoms with Crippen molar-refractivity contribution in [3.8, 4) is 0 Å². The normalized spacial score (nSPS) is 18.0. The molecule has 2 aliphatic heterocycles. The number of amides is 1. The Hall–Kier alpha value is -2.49. The number of anilines is 3. The van der Waals surface area contributed by atoms with Crippen molar-refractivity contribution in [3.63, 3.8) is 0 Å². The Morgan fingerprint density at radius 1 is 0.926 bits per heavy atom. The van der Waals surface area contributed by atoms with Crippen molar-refractivity contribution in [3.05, 3.63) is 54.1 Å². The smallest absolute Gasteiger partial charge is 0.249 e. The van der Waals surface area contributed by atoms with Crippen LogP contribution in [0.15, 0.2) is 48.5 Å². The van der Waals surface area contributed by atoms with Gasteiger partial charge in [0, 0.05) is 36.7 Å². The lowest BCUT2D eigenvalue weighted by atomic mass is 10.2. The Labute approximate surface area is 162 Å². The molecule has 1 atom stereocenters. The van der Waals surface area contributed by atoms with E-state index in [-0.39, 0.29) is 11.9 Å². The number of para-hydroxylation sites is 1. The van der Waals surface area contributed by atoms with E-state index in [0.717, 1.165) is 37.4 Å². The molecule has 27 heavy (non-hydrogen) atoms. The standard InChI is InChI=1S/C23H29N3O/c1-18(23(27)26-17-14-19-8-4-5-9-22(19)26)24-20-10-12-21(13-11-20)25-15-6-2-3-7-16-25/h4-5,8-13,18,24H,2-3,6-7,14-17H2,1H3/t18-/m0/s1. The lowest BCUT2D eigenvalue weighted by molar-refractivity contribution is -0.118. The second kappa shape index (κ2) is 8.03. The van der Waals surface area contributed by atoms with E-state index in [1.807, 2.05) is 30.0 Å². The number of benzene rings is 2. The molecular weight excluding hydrogens is 334 g/mol. The SMILES string of the molecule is C[C@H](Nc1ccc(N2CCCCCC2)cc1)C(=O)N1CCc2ccccc21. The number of hydrogen-bond acceptors (Lipinski definition) is 3. The van der Waals surface area contributed by atoms with Gasteiger partial charge in [-0.05, 0) is 62.1 Å². The van der Waals surface area contributed by atoms with E-state index in [1.165, 1.54) is 36.9 Å². The minimum Gasteiger partial charge on any atom is -0.374 e. The first kappa shape index (κ1) is 17.9. The molecule has 1 fully saturated rings. The lowest BCUT2D eigenvalue weighted by Gasteiger charge is -2.24. The van der Waals surface area contributed by atoms with E-state index in [4.69, 9.17) is 0 Å². The van der Waals surface area contributed by atoms with Gasteiger partial charge in [0.15, 0.2) is 0 Å². The first-order chi connectivity index (χ1) is 13.2. The molecular formula is C23H29N3O. The van der Waals surface area contributed by atoms with Crippen molar-refractivity contribution in [2.45, 2.75) is 45.1 Å². The summed E-state index contributed by atoms with van der Waals surface area (Å²) in [6.45, 7) is 5.02. The summed E-state index contributed by atoms with van der Waals surface area (Å²) in [6.07, 6.45) is 6.19. The Balaban J connectivity index is 1.39. The zero-order valence-corrected chi connectivity index (χ0v) is 16.2. The molecule has 1 amide bonds. The molecule has 0 spiro atoms. The maximum Gasteiger partial charge on any atom is 0.249 e. The van der Waals surface area contributed by atoms with Crippen molar-refractivity contribution in [1.82, 2.24) is 0 Å². The summed E-state index contributed by atoms with van der Waals surface area (Å²) in [7, 11) is 0. The highest BCUT2D eigenvalue weighted by Crippen LogP contribution is 2.28. The number of nitrogens with one attached hydrogen (secondary N) is 1. The molecule has 2 aromatic rings. The maximum atomic E-state index is 12.9. The summed E-state index contributed by atoms with van der Waals surface area (Å²) in [5.41, 5.74) is 4.62. The third kappa shape index (κ3) is 3.95. The van der Waals surface area contributed by atoms with Crippen LogP contribution in [0.5, 0.6) is 0 Å². The predicted octanol–water partition coefficient (Wildman–Crippen LogP) is 4.46. The van der Waals surface area contributed by atoms with Crippen LogP contribution in [0.3, 0.4) is 0 Å². The molecule has 2 aliphatic rings. The molecule has 0 saturated carbocycles. The van der Waals surface area contributed by atoms with Crippen LogP contribution >= 0.6 is 0 Å². The van der Waals surface area contributed by atoms with E-state index in [2.05, 4.69) is 40.5 Å². The highest BCUT2D eigenvalue weighted by molar-refractivity contribution is 6.00. The third-order valence-electron chi connectivity index (χ3n) is 5.75. The summed E-state index contributed by atoms with van der Waals surface area (Å²) < 4.78 is 0. The van der Waals surface area contributed by atoms with Gasteiger partial charge >= 0.3 is 0 Å². The monoisotopic (exact) mass is 363 g/mol. The molecule has 0 unspecified atom stereocenters. The molecule has 2 heterocycles. The molecule has 0 aromatic heterocycles. The van der Waals surface area contributed by atoms with Crippen LogP contribution in [-0.4, -0.2) is 31.6 Å². The fourth-order valence-electron chi connectivity index (χ4n) is 4.21. The van der Waals surface area contributed by atoms with E-state index in [1.54, 1.807) is 0 Å². The molecule has 142 valence electrons. The van der Waals surface area contributed by atoms with E-state index >= 15 is 0 Å². The topological polar surface area (TPSA) is 35.6 Å². The molecule has 0 bridgehead atoms. The molecule has 1 saturated heterocycles. The molecule has 4 nitrogen and oxygen atoms in total. The second-order valence-electron chi connectivity index (χ2n) is 7.68. The summed E-state index contributed by atoms with van der Waals surface area (Å²) in [6, 6.07) is 16.5. The van der Waals surface area contributed by atoms with Crippen LogP contribution in [0, 0.1) is 0 Å². The number of hydrogen-bond donors (Lipinski definition) is 1. The first-order valence-electron chi connectivity index (χ1n) is 10.2. The molecule has 4 rings (SSSR count). The lowest BCUT2D eigenvalue weighted by Crippen LogP contribution is -2.40. The first-order valence-corrected chi connectivity index (χ1v) is 10.2. The minimum absolute atomic E-state index is 0.136. The molecule has 0 radical (unpaired) electrons. The van der Waals surface area contributed by atoms with Crippen LogP contribution in [0.2, 0.25) is 0 Å². The Morgan fingerprint density at radius 2 is 1.63 bits per heavy atom. The van der Waals surface area contributed by atoms with Crippen LogP contribution < -0.4 is 15.1 Å². The van der Waals surface area contributed by atoms with Crippen molar-refractivity contribution in [2.75, 3.05) is 34.8 Å². The van der Waals surface area contributed by atoms with Gasteiger partial charge < -0.3 is 15.1 Å². The largest absolute Gasteiger partial charge is 0.374 e. The van der Waals surface area contributed by atoms with Crippen molar-refractivity contribution < 1.29 is 4.79 Å². The zero-order chi connectivity index (χ0) is 18.6. The predicted molar refractivity (Wildman–Crippen MR) is 113 cm³/mol. The van der Waals surface area contributed by atoms with Crippen molar-refractivity contribution in [1.29, 1.82) is 0 Å². The Morgan fingerprint density at radius 3 is 2.37 bits per heavy atom. The van der Waals surface area contributed by atoms with Crippen LogP contribution in [0.1, 0.15) is 38.2 Å². The summed E-state index contributed by atoms with van der Waals surface area (Å²) in [5, 5.41) is 3.38. The average Bonchev–Trinajstić information content (AvgIpc) is 2.94. The fraction of sp³-hybridized carbons (Fsp3) is 0.435. The van der Waals surface area contributed by atoms with Gasteiger partial charge in [-0.1, -0.05) is 31.0 Å². The van der Waals surface area contributed by atoms with Gasteiger partial charge in [0.25, 0.3) is 0 Å². The Bertz CT molecular complexity index is 778. The molecule has 4 heteroatoms. The van der Waals surface area contributed by atoms with E-state index in [9.17, 15) is 4.79 Å². The van der Waals surface area contributed by atoms with Gasteiger partial charge in [0.05, 0.1) is 0 Å². The fourth-order valence-corrected chi connectivity index (χ4v) is 4.21. The molecule has 0 aliphatic carbocycles. The molecule has 2 aromatic carbocycles. The van der Waals surface area contributed by atoms with E-state index in [0.29, 0.717) is 0 Å². The molecule has 1 N–H and O–H groups in total.